The van der Waals surface area contributed by atoms with Crippen LogP contribution in [0.25, 0.3) is 0 Å². The van der Waals surface area contributed by atoms with Crippen molar-refractivity contribution in [2.45, 2.75) is 46.6 Å². The van der Waals surface area contributed by atoms with Gasteiger partial charge < -0.3 is 15.4 Å². The van der Waals surface area contributed by atoms with Crippen LogP contribution in [0.5, 0.6) is 0 Å². The number of rotatable bonds is 7. The molecule has 18 heavy (non-hydrogen) atoms. The van der Waals surface area contributed by atoms with Crippen molar-refractivity contribution in [1.82, 2.24) is 4.90 Å². The lowest BCUT2D eigenvalue weighted by Crippen LogP contribution is -2.41. The maximum atomic E-state index is 12.0. The highest BCUT2D eigenvalue weighted by Crippen LogP contribution is 2.26. The minimum atomic E-state index is -0.109. The number of likely N-dealkylation sites (N-methyl/N-ethyl adjacent to an activating group) is 1. The molecule has 108 valence electrons. The summed E-state index contributed by atoms with van der Waals surface area (Å²) in [4.78, 5) is 13.7. The highest BCUT2D eigenvalue weighted by atomic mass is 16.5. The number of carbonyl (C=O) groups is 1. The van der Waals surface area contributed by atoms with Crippen LogP contribution in [0, 0.1) is 11.3 Å². The van der Waals surface area contributed by atoms with Gasteiger partial charge in [0.1, 0.15) is 0 Å². The smallest absolute Gasteiger partial charge is 0.222 e. The van der Waals surface area contributed by atoms with E-state index in [4.69, 9.17) is 10.5 Å². The van der Waals surface area contributed by atoms with Gasteiger partial charge in [0, 0.05) is 33.2 Å². The number of hydrogen-bond acceptors (Lipinski definition) is 3. The van der Waals surface area contributed by atoms with Crippen molar-refractivity contribution < 1.29 is 9.53 Å². The van der Waals surface area contributed by atoms with Gasteiger partial charge in [-0.25, -0.2) is 0 Å². The summed E-state index contributed by atoms with van der Waals surface area (Å²) in [5, 5.41) is 0. The summed E-state index contributed by atoms with van der Waals surface area (Å²) < 4.78 is 4.97. The third-order valence-electron chi connectivity index (χ3n) is 2.80. The fourth-order valence-corrected chi connectivity index (χ4v) is 2.29. The van der Waals surface area contributed by atoms with Crippen molar-refractivity contribution >= 4 is 5.91 Å². The van der Waals surface area contributed by atoms with Crippen molar-refractivity contribution in [2.24, 2.45) is 17.1 Å². The third-order valence-corrected chi connectivity index (χ3v) is 2.80. The average molecular weight is 258 g/mol. The molecule has 0 aromatic heterocycles. The van der Waals surface area contributed by atoms with E-state index in [9.17, 15) is 4.79 Å². The van der Waals surface area contributed by atoms with Crippen LogP contribution in [-0.4, -0.2) is 44.2 Å². The molecule has 0 saturated heterocycles. The van der Waals surface area contributed by atoms with Crippen LogP contribution in [-0.2, 0) is 9.53 Å². The van der Waals surface area contributed by atoms with E-state index in [-0.39, 0.29) is 17.4 Å². The average Bonchev–Trinajstić information content (AvgIpc) is 2.14. The van der Waals surface area contributed by atoms with E-state index in [0.29, 0.717) is 25.5 Å². The van der Waals surface area contributed by atoms with E-state index < -0.39 is 0 Å². The first kappa shape index (κ1) is 17.4. The van der Waals surface area contributed by atoms with Gasteiger partial charge in [0.2, 0.25) is 5.91 Å². The van der Waals surface area contributed by atoms with Crippen LogP contribution < -0.4 is 5.73 Å². The minimum absolute atomic E-state index is 0.109. The molecule has 0 aliphatic carbocycles. The molecule has 0 heterocycles. The lowest BCUT2D eigenvalue weighted by Gasteiger charge is -2.26. The molecule has 0 saturated carbocycles. The van der Waals surface area contributed by atoms with Crippen LogP contribution >= 0.6 is 0 Å². The van der Waals surface area contributed by atoms with E-state index in [1.165, 1.54) is 0 Å². The Hall–Kier alpha value is -0.610. The zero-order valence-corrected chi connectivity index (χ0v) is 12.8. The molecule has 0 aromatic rings. The van der Waals surface area contributed by atoms with Crippen molar-refractivity contribution in [1.29, 1.82) is 0 Å². The summed E-state index contributed by atoms with van der Waals surface area (Å²) in [5.41, 5.74) is 6.11. The molecule has 4 heteroatoms. The molecule has 2 atom stereocenters. The van der Waals surface area contributed by atoms with E-state index in [0.717, 1.165) is 6.42 Å². The zero-order chi connectivity index (χ0) is 14.3. The minimum Gasteiger partial charge on any atom is -0.383 e. The second kappa shape index (κ2) is 7.74. The normalized spacial score (nSPS) is 15.3. The Bertz CT molecular complexity index is 249. The summed E-state index contributed by atoms with van der Waals surface area (Å²) in [7, 11) is 3.43. The summed E-state index contributed by atoms with van der Waals surface area (Å²) in [6, 6.07) is -0.109. The van der Waals surface area contributed by atoms with E-state index in [1.807, 2.05) is 7.05 Å². The monoisotopic (exact) mass is 258 g/mol. The number of amides is 1. The van der Waals surface area contributed by atoms with Gasteiger partial charge >= 0.3 is 0 Å². The Balaban J connectivity index is 4.07. The Kier molecular flexibility index (Phi) is 7.48. The van der Waals surface area contributed by atoms with Crippen LogP contribution in [0.1, 0.15) is 40.5 Å². The lowest BCUT2D eigenvalue weighted by atomic mass is 9.84. The van der Waals surface area contributed by atoms with E-state index in [2.05, 4.69) is 27.7 Å². The van der Waals surface area contributed by atoms with Crippen molar-refractivity contribution in [2.75, 3.05) is 27.3 Å². The fourth-order valence-electron chi connectivity index (χ4n) is 2.29. The number of nitrogens with zero attached hydrogens (tertiary/aromatic N) is 1. The van der Waals surface area contributed by atoms with Gasteiger partial charge in [0.05, 0.1) is 6.61 Å². The molecule has 0 rings (SSSR count). The fraction of sp³-hybridized carbons (Fsp3) is 0.929. The molecule has 4 nitrogen and oxygen atoms in total. The molecule has 1 amide bonds. The molecule has 2 unspecified atom stereocenters. The number of methoxy groups -OCH3 is 1. The van der Waals surface area contributed by atoms with Gasteiger partial charge in [-0.2, -0.15) is 0 Å². The highest BCUT2D eigenvalue weighted by Gasteiger charge is 2.20. The molecule has 0 aliphatic rings. The van der Waals surface area contributed by atoms with Crippen molar-refractivity contribution in [3.63, 3.8) is 0 Å². The van der Waals surface area contributed by atoms with Gasteiger partial charge in [0.15, 0.2) is 0 Å². The Morgan fingerprint density at radius 2 is 1.94 bits per heavy atom. The maximum absolute atomic E-state index is 12.0. The van der Waals surface area contributed by atoms with E-state index in [1.54, 1.807) is 12.0 Å². The third kappa shape index (κ3) is 8.48. The zero-order valence-electron chi connectivity index (χ0n) is 12.8. The SMILES string of the molecule is COCC(N)CN(C)C(=O)CC(C)CC(C)(C)C. The first-order valence-electron chi connectivity index (χ1n) is 6.64. The second-order valence-electron chi connectivity index (χ2n) is 6.56. The molecule has 0 bridgehead atoms. The predicted molar refractivity (Wildman–Crippen MR) is 75.3 cm³/mol. The van der Waals surface area contributed by atoms with Crippen molar-refractivity contribution in [3.8, 4) is 0 Å². The lowest BCUT2D eigenvalue weighted by molar-refractivity contribution is -0.131. The molecule has 0 radical (unpaired) electrons. The van der Waals surface area contributed by atoms with Gasteiger partial charge in [0.25, 0.3) is 0 Å². The first-order valence-corrected chi connectivity index (χ1v) is 6.64. The molecule has 2 N–H and O–H groups in total. The topological polar surface area (TPSA) is 55.6 Å². The van der Waals surface area contributed by atoms with Crippen LogP contribution in [0.4, 0.5) is 0 Å². The van der Waals surface area contributed by atoms with Gasteiger partial charge in [-0.1, -0.05) is 27.7 Å². The van der Waals surface area contributed by atoms with Gasteiger partial charge in [-0.3, -0.25) is 4.79 Å². The molecule has 0 aromatic carbocycles. The largest absolute Gasteiger partial charge is 0.383 e. The van der Waals surface area contributed by atoms with Crippen LogP contribution in [0.15, 0.2) is 0 Å². The molecular weight excluding hydrogens is 228 g/mol. The van der Waals surface area contributed by atoms with Gasteiger partial charge in [-0.15, -0.1) is 0 Å². The molecular formula is C14H30N2O2. The van der Waals surface area contributed by atoms with Crippen LogP contribution in [0.3, 0.4) is 0 Å². The first-order chi connectivity index (χ1) is 8.15. The number of hydrogen-bond donors (Lipinski definition) is 1. The van der Waals surface area contributed by atoms with Gasteiger partial charge in [-0.05, 0) is 17.8 Å². The highest BCUT2D eigenvalue weighted by molar-refractivity contribution is 5.76. The second-order valence-corrected chi connectivity index (χ2v) is 6.56. The van der Waals surface area contributed by atoms with Crippen LogP contribution in [0.2, 0.25) is 0 Å². The quantitative estimate of drug-likeness (QED) is 0.758. The molecule has 0 aliphatic heterocycles. The Morgan fingerprint density at radius 1 is 1.39 bits per heavy atom. The molecule has 0 spiro atoms. The Morgan fingerprint density at radius 3 is 2.39 bits per heavy atom. The Labute approximate surface area is 112 Å². The molecule has 0 fully saturated rings. The standard InChI is InChI=1S/C14H30N2O2/c1-11(8-14(2,3)4)7-13(17)16(5)9-12(15)10-18-6/h11-12H,7-10,15H2,1-6H3. The summed E-state index contributed by atoms with van der Waals surface area (Å²) in [5.74, 6) is 0.567. The maximum Gasteiger partial charge on any atom is 0.222 e. The predicted octanol–water partition coefficient (Wildman–Crippen LogP) is 1.88. The van der Waals surface area contributed by atoms with Crippen molar-refractivity contribution in [3.05, 3.63) is 0 Å². The number of ether oxygens (including phenoxy) is 1. The summed E-state index contributed by atoms with van der Waals surface area (Å²) >= 11 is 0. The number of nitrogens with two attached hydrogens (primary N) is 1. The summed E-state index contributed by atoms with van der Waals surface area (Å²) in [6.07, 6.45) is 1.64. The number of carbonyl (C=O) groups excluding carboxylic acids is 1. The summed E-state index contributed by atoms with van der Waals surface area (Å²) in [6.45, 7) is 9.76. The van der Waals surface area contributed by atoms with E-state index >= 15 is 0 Å².